The van der Waals surface area contributed by atoms with Gasteiger partial charge in [-0.05, 0) is 68.9 Å². The maximum Gasteiger partial charge on any atom is 0.158 e. The fraction of sp³-hybridized carbons (Fsp3) is 0.481. The zero-order valence-corrected chi connectivity index (χ0v) is 20.9. The van der Waals surface area contributed by atoms with Gasteiger partial charge in [-0.15, -0.1) is 0 Å². The monoisotopic (exact) mass is 502 g/mol. The Morgan fingerprint density at radius 3 is 2.65 bits per heavy atom. The number of ether oxygens (including phenoxy) is 2. The molecule has 0 saturated carbocycles. The molecule has 0 aromatic heterocycles. The van der Waals surface area contributed by atoms with Crippen molar-refractivity contribution < 1.29 is 13.9 Å². The molecule has 180 valence electrons. The van der Waals surface area contributed by atoms with E-state index < -0.39 is 11.3 Å². The molecule has 3 fully saturated rings. The molecular formula is C27H29Cl2FN2O2. The van der Waals surface area contributed by atoms with Crippen LogP contribution in [-0.2, 0) is 15.0 Å². The molecule has 7 heteroatoms. The number of nitrogens with zero attached hydrogens (tertiary/aromatic N) is 1. The summed E-state index contributed by atoms with van der Waals surface area (Å²) in [5.41, 5.74) is 8.39. The first-order valence-electron chi connectivity index (χ1n) is 12.0. The maximum absolute atomic E-state index is 15.7. The van der Waals surface area contributed by atoms with E-state index in [4.69, 9.17) is 38.4 Å². The minimum Gasteiger partial charge on any atom is -0.476 e. The Hall–Kier alpha value is -1.63. The second kappa shape index (κ2) is 7.94. The van der Waals surface area contributed by atoms with Gasteiger partial charge in [-0.1, -0.05) is 41.4 Å². The summed E-state index contributed by atoms with van der Waals surface area (Å²) >= 11 is 12.8. The van der Waals surface area contributed by atoms with Gasteiger partial charge in [-0.2, -0.15) is 0 Å². The summed E-state index contributed by atoms with van der Waals surface area (Å²) < 4.78 is 27.8. The SMILES string of the molecule is CC1(C)OC2=Cc3c(Cl)cccc3C3C2N1C(CC1CCOCC1)C3(N)c1ccc(Cl)cc1F. The molecule has 2 aromatic carbocycles. The molecule has 0 bridgehead atoms. The minimum atomic E-state index is -1.00. The van der Waals surface area contributed by atoms with Crippen LogP contribution in [0.5, 0.6) is 0 Å². The average Bonchev–Trinajstić information content (AvgIpc) is 3.21. The summed E-state index contributed by atoms with van der Waals surface area (Å²) in [5, 5.41) is 1.01. The molecule has 0 spiro atoms. The van der Waals surface area contributed by atoms with Crippen LogP contribution in [0.3, 0.4) is 0 Å². The normalized spacial score (nSPS) is 32.2. The second-order valence-corrected chi connectivity index (χ2v) is 11.4. The van der Waals surface area contributed by atoms with Gasteiger partial charge in [0.05, 0.1) is 11.6 Å². The summed E-state index contributed by atoms with van der Waals surface area (Å²) in [6, 6.07) is 10.6. The van der Waals surface area contributed by atoms with Crippen LogP contribution in [0.2, 0.25) is 10.0 Å². The molecule has 3 heterocycles. The molecule has 2 N–H and O–H groups in total. The van der Waals surface area contributed by atoms with E-state index in [9.17, 15) is 0 Å². The van der Waals surface area contributed by atoms with Crippen LogP contribution < -0.4 is 5.73 Å². The zero-order chi connectivity index (χ0) is 23.8. The van der Waals surface area contributed by atoms with E-state index in [0.717, 1.165) is 49.4 Å². The predicted octanol–water partition coefficient (Wildman–Crippen LogP) is 6.06. The molecule has 4 aliphatic rings. The Bertz CT molecular complexity index is 1180. The summed E-state index contributed by atoms with van der Waals surface area (Å²) in [6.07, 6.45) is 4.84. The Kier molecular flexibility index (Phi) is 5.33. The molecule has 0 amide bonds. The number of hydrogen-bond acceptors (Lipinski definition) is 4. The van der Waals surface area contributed by atoms with Crippen LogP contribution in [0.1, 0.15) is 55.7 Å². The number of benzene rings is 2. The lowest BCUT2D eigenvalue weighted by Crippen LogP contribution is -2.56. The van der Waals surface area contributed by atoms with Gasteiger partial charge in [0.1, 0.15) is 11.6 Å². The second-order valence-electron chi connectivity index (χ2n) is 10.5. The van der Waals surface area contributed by atoms with Gasteiger partial charge in [-0.25, -0.2) is 4.39 Å². The van der Waals surface area contributed by atoms with E-state index in [1.807, 2.05) is 12.1 Å². The molecule has 6 rings (SSSR count). The van der Waals surface area contributed by atoms with Crippen molar-refractivity contribution in [1.82, 2.24) is 4.90 Å². The van der Waals surface area contributed by atoms with Crippen molar-refractivity contribution in [2.45, 2.75) is 62.4 Å². The largest absolute Gasteiger partial charge is 0.476 e. The van der Waals surface area contributed by atoms with Crippen LogP contribution >= 0.6 is 23.2 Å². The third-order valence-corrected chi connectivity index (χ3v) is 8.87. The third-order valence-electron chi connectivity index (χ3n) is 8.30. The van der Waals surface area contributed by atoms with Crippen LogP contribution in [0, 0.1) is 11.7 Å². The first-order chi connectivity index (χ1) is 16.2. The van der Waals surface area contributed by atoms with Gasteiger partial charge < -0.3 is 15.2 Å². The van der Waals surface area contributed by atoms with Crippen molar-refractivity contribution in [2.24, 2.45) is 11.7 Å². The van der Waals surface area contributed by atoms with Crippen LogP contribution in [0.15, 0.2) is 42.2 Å². The molecule has 4 unspecified atom stereocenters. The average molecular weight is 503 g/mol. The minimum absolute atomic E-state index is 0.0918. The van der Waals surface area contributed by atoms with E-state index in [0.29, 0.717) is 21.5 Å². The summed E-state index contributed by atoms with van der Waals surface area (Å²) in [5.74, 6) is 0.712. The van der Waals surface area contributed by atoms with E-state index in [-0.39, 0.29) is 23.8 Å². The van der Waals surface area contributed by atoms with E-state index in [1.165, 1.54) is 6.07 Å². The number of nitrogens with two attached hydrogens (primary N) is 1. The Morgan fingerprint density at radius 1 is 1.15 bits per heavy atom. The van der Waals surface area contributed by atoms with Crippen molar-refractivity contribution in [3.8, 4) is 0 Å². The lowest BCUT2D eigenvalue weighted by atomic mass is 9.67. The molecular weight excluding hydrogens is 474 g/mol. The molecule has 4 atom stereocenters. The standard InChI is InChI=1S/C27H29Cl2FN2O2/c1-26(2)32-23(12-15-8-10-33-11-9-15)27(31,19-7-6-16(28)13-21(19)30)24-17-4-3-5-20(29)18(17)14-22(34-26)25(24)32/h3-7,13-15,23-25H,8-12,31H2,1-2H3. The summed E-state index contributed by atoms with van der Waals surface area (Å²) in [4.78, 5) is 2.40. The highest BCUT2D eigenvalue weighted by Crippen LogP contribution is 2.62. The summed E-state index contributed by atoms with van der Waals surface area (Å²) in [6.45, 7) is 5.66. The fourth-order valence-electron chi connectivity index (χ4n) is 6.92. The van der Waals surface area contributed by atoms with E-state index in [2.05, 4.69) is 30.9 Å². The zero-order valence-electron chi connectivity index (χ0n) is 19.4. The predicted molar refractivity (Wildman–Crippen MR) is 132 cm³/mol. The van der Waals surface area contributed by atoms with Gasteiger partial charge in [0, 0.05) is 46.3 Å². The number of hydrogen-bond donors (Lipinski definition) is 1. The first-order valence-corrected chi connectivity index (χ1v) is 12.8. The van der Waals surface area contributed by atoms with Gasteiger partial charge in [0.15, 0.2) is 5.72 Å². The highest BCUT2D eigenvalue weighted by atomic mass is 35.5. The van der Waals surface area contributed by atoms with Crippen molar-refractivity contribution in [1.29, 1.82) is 0 Å². The highest BCUT2D eigenvalue weighted by Gasteiger charge is 2.68. The summed E-state index contributed by atoms with van der Waals surface area (Å²) in [7, 11) is 0. The Balaban J connectivity index is 1.59. The number of fused-ring (bicyclic) bond motifs is 2. The van der Waals surface area contributed by atoms with Crippen molar-refractivity contribution in [3.63, 3.8) is 0 Å². The number of rotatable bonds is 3. The molecule has 34 heavy (non-hydrogen) atoms. The third kappa shape index (κ3) is 3.21. The smallest absolute Gasteiger partial charge is 0.158 e. The van der Waals surface area contributed by atoms with Crippen LogP contribution in [0.25, 0.3) is 6.08 Å². The lowest BCUT2D eigenvalue weighted by molar-refractivity contribution is -0.0667. The molecule has 0 radical (unpaired) electrons. The topological polar surface area (TPSA) is 47.7 Å². The van der Waals surface area contributed by atoms with Gasteiger partial charge in [-0.3, -0.25) is 4.90 Å². The molecule has 2 aromatic rings. The molecule has 3 saturated heterocycles. The number of halogens is 3. The highest BCUT2D eigenvalue weighted by molar-refractivity contribution is 6.32. The van der Waals surface area contributed by atoms with Crippen molar-refractivity contribution >= 4 is 29.3 Å². The molecule has 1 aliphatic carbocycles. The van der Waals surface area contributed by atoms with Gasteiger partial charge >= 0.3 is 0 Å². The first kappa shape index (κ1) is 22.8. The Morgan fingerprint density at radius 2 is 1.91 bits per heavy atom. The van der Waals surface area contributed by atoms with Gasteiger partial charge in [0.25, 0.3) is 0 Å². The van der Waals surface area contributed by atoms with E-state index >= 15 is 4.39 Å². The quantitative estimate of drug-likeness (QED) is 0.553. The lowest BCUT2D eigenvalue weighted by Gasteiger charge is -2.44. The molecule has 3 aliphatic heterocycles. The van der Waals surface area contributed by atoms with Gasteiger partial charge in [0.2, 0.25) is 0 Å². The Labute approximate surface area is 209 Å². The van der Waals surface area contributed by atoms with Crippen molar-refractivity contribution in [2.75, 3.05) is 13.2 Å². The molecule has 4 nitrogen and oxygen atoms in total. The van der Waals surface area contributed by atoms with E-state index in [1.54, 1.807) is 12.1 Å². The fourth-order valence-corrected chi connectivity index (χ4v) is 7.32. The maximum atomic E-state index is 15.7. The van der Waals surface area contributed by atoms with Crippen molar-refractivity contribution in [3.05, 3.63) is 74.7 Å². The van der Waals surface area contributed by atoms with Crippen LogP contribution in [0.4, 0.5) is 4.39 Å². The van der Waals surface area contributed by atoms with Crippen LogP contribution in [-0.4, -0.2) is 35.9 Å².